The van der Waals surface area contributed by atoms with Crippen LogP contribution in [0.15, 0.2) is 36.4 Å². The lowest BCUT2D eigenvalue weighted by Gasteiger charge is -2.24. The van der Waals surface area contributed by atoms with Gasteiger partial charge in [0.1, 0.15) is 12.4 Å². The van der Waals surface area contributed by atoms with Crippen molar-refractivity contribution in [1.29, 1.82) is 0 Å². The maximum atomic E-state index is 13.4. The summed E-state index contributed by atoms with van der Waals surface area (Å²) in [6.07, 6.45) is 6.58. The van der Waals surface area contributed by atoms with Crippen LogP contribution >= 0.6 is 0 Å². The highest BCUT2D eigenvalue weighted by Gasteiger charge is 2.18. The average molecular weight is 276 g/mol. The third kappa shape index (κ3) is 4.27. The number of ketones is 1. The second-order valence-electron chi connectivity index (χ2n) is 5.50. The molecule has 1 aromatic rings. The van der Waals surface area contributed by atoms with Crippen LogP contribution in [-0.4, -0.2) is 19.0 Å². The van der Waals surface area contributed by atoms with Crippen molar-refractivity contribution in [3.63, 3.8) is 0 Å². The number of hydrogen-bond acceptors (Lipinski definition) is 2. The highest BCUT2D eigenvalue weighted by molar-refractivity contribution is 5.82. The molecule has 0 radical (unpaired) electrons. The molecule has 2 nitrogen and oxygen atoms in total. The van der Waals surface area contributed by atoms with E-state index in [-0.39, 0.29) is 24.6 Å². The quantitative estimate of drug-likeness (QED) is 0.743. The van der Waals surface area contributed by atoms with Crippen LogP contribution in [0.25, 0.3) is 0 Å². The van der Waals surface area contributed by atoms with E-state index in [0.717, 1.165) is 12.8 Å². The van der Waals surface area contributed by atoms with Crippen molar-refractivity contribution >= 4 is 5.78 Å². The maximum absolute atomic E-state index is 13.4. The van der Waals surface area contributed by atoms with Crippen molar-refractivity contribution in [2.45, 2.75) is 26.2 Å². The molecule has 1 aliphatic rings. The van der Waals surface area contributed by atoms with Gasteiger partial charge in [0.15, 0.2) is 5.78 Å². The van der Waals surface area contributed by atoms with Gasteiger partial charge in [0, 0.05) is 6.42 Å². The van der Waals surface area contributed by atoms with E-state index in [9.17, 15) is 9.18 Å². The molecule has 0 heterocycles. The van der Waals surface area contributed by atoms with Gasteiger partial charge < -0.3 is 4.74 Å². The Labute approximate surface area is 119 Å². The summed E-state index contributed by atoms with van der Waals surface area (Å²) in [5, 5.41) is 0. The first-order valence-corrected chi connectivity index (χ1v) is 7.14. The summed E-state index contributed by atoms with van der Waals surface area (Å²) >= 11 is 0. The third-order valence-electron chi connectivity index (χ3n) is 3.86. The number of halogens is 1. The van der Waals surface area contributed by atoms with Crippen LogP contribution in [0.2, 0.25) is 0 Å². The molecule has 20 heavy (non-hydrogen) atoms. The van der Waals surface area contributed by atoms with Gasteiger partial charge in [-0.3, -0.25) is 4.79 Å². The number of carbonyl (C=O) groups excluding carboxylic acids is 1. The van der Waals surface area contributed by atoms with Gasteiger partial charge in [-0.05, 0) is 36.3 Å². The Kier molecular flexibility index (Phi) is 5.48. The average Bonchev–Trinajstić information content (AvgIpc) is 2.43. The lowest BCUT2D eigenvalue weighted by molar-refractivity contribution is -0.123. The fraction of sp³-hybridized carbons (Fsp3) is 0.471. The van der Waals surface area contributed by atoms with Gasteiger partial charge in [-0.25, -0.2) is 4.39 Å². The molecule has 0 spiro atoms. The van der Waals surface area contributed by atoms with Crippen molar-refractivity contribution in [1.82, 2.24) is 0 Å². The number of allylic oxidation sites excluding steroid dienone is 2. The number of benzene rings is 1. The van der Waals surface area contributed by atoms with Crippen molar-refractivity contribution in [2.24, 2.45) is 11.8 Å². The molecule has 0 saturated heterocycles. The third-order valence-corrected chi connectivity index (χ3v) is 3.86. The van der Waals surface area contributed by atoms with Crippen LogP contribution in [0.4, 0.5) is 4.39 Å². The topological polar surface area (TPSA) is 26.3 Å². The summed E-state index contributed by atoms with van der Waals surface area (Å²) in [7, 11) is 0. The van der Waals surface area contributed by atoms with Gasteiger partial charge >= 0.3 is 0 Å². The van der Waals surface area contributed by atoms with Crippen LogP contribution in [0.5, 0.6) is 0 Å². The van der Waals surface area contributed by atoms with E-state index in [1.165, 1.54) is 6.07 Å². The minimum Gasteiger partial charge on any atom is -0.373 e. The Morgan fingerprint density at radius 2 is 2.05 bits per heavy atom. The molecule has 0 bridgehead atoms. The molecule has 2 rings (SSSR count). The monoisotopic (exact) mass is 276 g/mol. The zero-order valence-electron chi connectivity index (χ0n) is 11.8. The fourth-order valence-electron chi connectivity index (χ4n) is 2.47. The largest absolute Gasteiger partial charge is 0.373 e. The first-order valence-electron chi connectivity index (χ1n) is 7.14. The molecule has 108 valence electrons. The van der Waals surface area contributed by atoms with Crippen LogP contribution in [0.3, 0.4) is 0 Å². The Morgan fingerprint density at radius 3 is 2.80 bits per heavy atom. The zero-order chi connectivity index (χ0) is 14.4. The van der Waals surface area contributed by atoms with Gasteiger partial charge in [0.05, 0.1) is 6.61 Å². The van der Waals surface area contributed by atoms with E-state index < -0.39 is 0 Å². The maximum Gasteiger partial charge on any atom is 0.162 e. The van der Waals surface area contributed by atoms with E-state index in [4.69, 9.17) is 4.74 Å². The van der Waals surface area contributed by atoms with Crippen LogP contribution in [0, 0.1) is 17.7 Å². The smallest absolute Gasteiger partial charge is 0.162 e. The Hall–Kier alpha value is -1.48. The lowest BCUT2D eigenvalue weighted by Crippen LogP contribution is -2.22. The molecule has 2 atom stereocenters. The lowest BCUT2D eigenvalue weighted by atomic mass is 9.85. The molecule has 3 heteroatoms. The number of ether oxygens (including phenoxy) is 1. The van der Waals surface area contributed by atoms with Crippen LogP contribution < -0.4 is 0 Å². The SMILES string of the molecule is CC1CC=CCC1COCC(=O)Cc1ccccc1F. The van der Waals surface area contributed by atoms with Gasteiger partial charge in [-0.15, -0.1) is 0 Å². The Bertz CT molecular complexity index is 482. The summed E-state index contributed by atoms with van der Waals surface area (Å²) in [5.41, 5.74) is 0.440. The first kappa shape index (κ1) is 14.9. The molecule has 0 saturated carbocycles. The minimum atomic E-state index is -0.327. The van der Waals surface area contributed by atoms with Gasteiger partial charge in [0.2, 0.25) is 0 Å². The Morgan fingerprint density at radius 1 is 1.30 bits per heavy atom. The molecule has 1 aliphatic carbocycles. The van der Waals surface area contributed by atoms with Crippen molar-refractivity contribution in [2.75, 3.05) is 13.2 Å². The molecule has 0 amide bonds. The highest BCUT2D eigenvalue weighted by atomic mass is 19.1. The Balaban J connectivity index is 1.73. The van der Waals surface area contributed by atoms with Crippen molar-refractivity contribution < 1.29 is 13.9 Å². The zero-order valence-corrected chi connectivity index (χ0v) is 11.8. The molecule has 0 aromatic heterocycles. The highest BCUT2D eigenvalue weighted by Crippen LogP contribution is 2.24. The van der Waals surface area contributed by atoms with E-state index in [2.05, 4.69) is 19.1 Å². The summed E-state index contributed by atoms with van der Waals surface area (Å²) in [6.45, 7) is 2.88. The normalized spacial score (nSPS) is 21.9. The summed E-state index contributed by atoms with van der Waals surface area (Å²) in [5.74, 6) is 0.684. The van der Waals surface area contributed by atoms with Gasteiger partial charge in [-0.1, -0.05) is 37.3 Å². The van der Waals surface area contributed by atoms with E-state index >= 15 is 0 Å². The summed E-state index contributed by atoms with van der Waals surface area (Å²) in [4.78, 5) is 11.8. The molecule has 0 fully saturated rings. The van der Waals surface area contributed by atoms with E-state index in [1.807, 2.05) is 0 Å². The molecule has 1 aromatic carbocycles. The molecule has 0 N–H and O–H groups in total. The number of hydrogen-bond donors (Lipinski definition) is 0. The molecular weight excluding hydrogens is 255 g/mol. The van der Waals surface area contributed by atoms with Gasteiger partial charge in [0.25, 0.3) is 0 Å². The fourth-order valence-corrected chi connectivity index (χ4v) is 2.47. The van der Waals surface area contributed by atoms with Crippen LogP contribution in [-0.2, 0) is 16.0 Å². The predicted octanol–water partition coefficient (Wildman–Crippen LogP) is 3.56. The van der Waals surface area contributed by atoms with E-state index in [1.54, 1.807) is 18.2 Å². The number of rotatable bonds is 6. The molecule has 0 aliphatic heterocycles. The predicted molar refractivity (Wildman–Crippen MR) is 77.0 cm³/mol. The minimum absolute atomic E-state index is 0.0707. The van der Waals surface area contributed by atoms with E-state index in [0.29, 0.717) is 24.0 Å². The second kappa shape index (κ2) is 7.34. The second-order valence-corrected chi connectivity index (χ2v) is 5.50. The molecular formula is C17H21FO2. The molecule has 2 unspecified atom stereocenters. The van der Waals surface area contributed by atoms with Gasteiger partial charge in [-0.2, -0.15) is 0 Å². The summed E-state index contributed by atoms with van der Waals surface area (Å²) in [6, 6.07) is 6.38. The first-order chi connectivity index (χ1) is 9.66. The van der Waals surface area contributed by atoms with Crippen LogP contribution in [0.1, 0.15) is 25.3 Å². The standard InChI is InChI=1S/C17H21FO2/c1-13-6-2-3-8-15(13)11-20-12-16(19)10-14-7-4-5-9-17(14)18/h2-5,7,9,13,15H,6,8,10-12H2,1H3. The summed E-state index contributed by atoms with van der Waals surface area (Å²) < 4.78 is 18.9. The number of Topliss-reactive ketones (excluding diaryl/α,β-unsaturated/α-hetero) is 1. The van der Waals surface area contributed by atoms with Crippen molar-refractivity contribution in [3.8, 4) is 0 Å². The van der Waals surface area contributed by atoms with Crippen molar-refractivity contribution in [3.05, 3.63) is 47.8 Å². The number of carbonyl (C=O) groups is 1.